The van der Waals surface area contributed by atoms with E-state index in [1.54, 1.807) is 0 Å². The molecule has 8 heteroatoms. The fourth-order valence-electron chi connectivity index (χ4n) is 0.859. The molecule has 0 heterocycles. The van der Waals surface area contributed by atoms with Gasteiger partial charge in [0.2, 0.25) is 0 Å². The molecule has 0 unspecified atom stereocenters. The number of ketones is 3. The van der Waals surface area contributed by atoms with Crippen LogP contribution < -0.4 is 27.7 Å². The average Bonchev–Trinajstić information content (AvgIpc) is 2.10. The van der Waals surface area contributed by atoms with Crippen LogP contribution in [0.3, 0.4) is 0 Å². The van der Waals surface area contributed by atoms with Gasteiger partial charge in [0.15, 0.2) is 17.3 Å². The van der Waals surface area contributed by atoms with Gasteiger partial charge in [0.25, 0.3) is 0 Å². The molecule has 128 valence electrons. The van der Waals surface area contributed by atoms with E-state index in [2.05, 4.69) is 0 Å². The second-order valence-electron chi connectivity index (χ2n) is 4.10. The molecule has 23 heavy (non-hydrogen) atoms. The van der Waals surface area contributed by atoms with Crippen molar-refractivity contribution in [2.24, 2.45) is 0 Å². The largest absolute Gasteiger partial charge is 4.00 e. The molecule has 0 atom stereocenters. The van der Waals surface area contributed by atoms with Crippen molar-refractivity contribution in [2.45, 2.75) is 41.5 Å². The molecule has 0 aromatic rings. The zero-order chi connectivity index (χ0) is 17.6. The molecule has 0 aliphatic carbocycles. The molecule has 0 bridgehead atoms. The number of rotatable bonds is 3. The summed E-state index contributed by atoms with van der Waals surface area (Å²) in [5.41, 5.74) is 0. The number of allylic oxidation sites excluding steroid dienone is 6. The molecule has 0 aromatic heterocycles. The Balaban J connectivity index is -0.0000000675. The summed E-state index contributed by atoms with van der Waals surface area (Å²) >= 11 is 0. The Morgan fingerprint density at radius 2 is 0.696 bits per heavy atom. The summed E-state index contributed by atoms with van der Waals surface area (Å²) in [5.74, 6) is -1.12. The Morgan fingerprint density at radius 1 is 0.565 bits per heavy atom. The van der Waals surface area contributed by atoms with Gasteiger partial charge in [-0.2, -0.15) is 0 Å². The Morgan fingerprint density at radius 3 is 0.696 bits per heavy atom. The van der Waals surface area contributed by atoms with Crippen molar-refractivity contribution >= 4 is 17.3 Å². The van der Waals surface area contributed by atoms with E-state index in [9.17, 15) is 29.7 Å². The molecule has 0 aliphatic rings. The SMILES string of the molecule is CC(=O)/C=C(/C)[O-].CC(=O)/C=C(/C)[O-].CC(=O)/C=C(/C)[O-].[Cl-].[Hf+4]. The Bertz CT molecular complexity index is 374. The molecule has 0 aromatic carbocycles. The van der Waals surface area contributed by atoms with Crippen LogP contribution in [0, 0.1) is 0 Å². The first-order chi connectivity index (χ1) is 9.38. The van der Waals surface area contributed by atoms with Gasteiger partial charge >= 0.3 is 25.8 Å². The van der Waals surface area contributed by atoms with Crippen LogP contribution in [-0.2, 0) is 40.2 Å². The second-order valence-corrected chi connectivity index (χ2v) is 4.10. The summed E-state index contributed by atoms with van der Waals surface area (Å²) < 4.78 is 0. The third-order valence-corrected chi connectivity index (χ3v) is 1.22. The minimum atomic E-state index is -0.187. The average molecular weight is 511 g/mol. The van der Waals surface area contributed by atoms with Crippen LogP contribution in [0.5, 0.6) is 0 Å². The van der Waals surface area contributed by atoms with Crippen LogP contribution in [0.4, 0.5) is 0 Å². The maximum atomic E-state index is 9.98. The van der Waals surface area contributed by atoms with Crippen molar-refractivity contribution in [1.82, 2.24) is 0 Å². The van der Waals surface area contributed by atoms with Crippen LogP contribution in [-0.4, -0.2) is 17.3 Å². The maximum absolute atomic E-state index is 9.98. The molecule has 0 saturated carbocycles. The first-order valence-electron chi connectivity index (χ1n) is 5.96. The van der Waals surface area contributed by atoms with Crippen LogP contribution in [0.25, 0.3) is 0 Å². The fourth-order valence-corrected chi connectivity index (χ4v) is 0.859. The number of halogens is 1. The summed E-state index contributed by atoms with van der Waals surface area (Å²) in [4.78, 5) is 29.9. The normalized spacial score (nSPS) is 10.4. The van der Waals surface area contributed by atoms with Gasteiger partial charge in [0.05, 0.1) is 0 Å². The molecule has 0 radical (unpaired) electrons. The van der Waals surface area contributed by atoms with E-state index in [0.29, 0.717) is 0 Å². The molecule has 0 saturated heterocycles. The molecular weight excluding hydrogens is 490 g/mol. The van der Waals surface area contributed by atoms with E-state index in [-0.39, 0.29) is 72.9 Å². The Kier molecular flexibility index (Phi) is 30.2. The molecular formula is C15H21ClHfO6. The van der Waals surface area contributed by atoms with Gasteiger partial charge < -0.3 is 27.7 Å². The smallest absolute Gasteiger partial charge is 1.00 e. The summed E-state index contributed by atoms with van der Waals surface area (Å²) in [7, 11) is 0. The van der Waals surface area contributed by atoms with E-state index in [0.717, 1.165) is 18.2 Å². The minimum absolute atomic E-state index is 0. The van der Waals surface area contributed by atoms with Gasteiger partial charge in [0, 0.05) is 0 Å². The van der Waals surface area contributed by atoms with Crippen LogP contribution in [0.2, 0.25) is 0 Å². The van der Waals surface area contributed by atoms with Gasteiger partial charge in [0.1, 0.15) is 0 Å². The molecule has 0 amide bonds. The Hall–Kier alpha value is -1.21. The van der Waals surface area contributed by atoms with Gasteiger partial charge in [-0.25, -0.2) is 0 Å². The van der Waals surface area contributed by atoms with Gasteiger partial charge in [-0.1, -0.05) is 20.8 Å². The monoisotopic (exact) mass is 512 g/mol. The summed E-state index contributed by atoms with van der Waals surface area (Å²) in [6.45, 7) is 8.09. The van der Waals surface area contributed by atoms with Crippen molar-refractivity contribution in [1.29, 1.82) is 0 Å². The molecule has 0 N–H and O–H groups in total. The van der Waals surface area contributed by atoms with E-state index in [4.69, 9.17) is 0 Å². The molecule has 6 nitrogen and oxygen atoms in total. The minimum Gasteiger partial charge on any atom is -1.00 e. The van der Waals surface area contributed by atoms with Gasteiger partial charge in [-0.05, 0) is 39.0 Å². The van der Waals surface area contributed by atoms with Crippen molar-refractivity contribution in [3.05, 3.63) is 35.5 Å². The van der Waals surface area contributed by atoms with E-state index < -0.39 is 0 Å². The van der Waals surface area contributed by atoms with Crippen LogP contribution in [0.15, 0.2) is 35.5 Å². The first kappa shape index (κ1) is 33.4. The zero-order valence-electron chi connectivity index (χ0n) is 14.1. The first-order valence-corrected chi connectivity index (χ1v) is 5.96. The fraction of sp³-hybridized carbons (Fsp3) is 0.400. The molecule has 0 rings (SSSR count). The van der Waals surface area contributed by atoms with Gasteiger partial charge in [-0.15, -0.1) is 17.3 Å². The third-order valence-electron chi connectivity index (χ3n) is 1.22. The topological polar surface area (TPSA) is 120 Å². The standard InChI is InChI=1S/3C5H8O2.ClH.Hf/c3*1-4(6)3-5(2)7;;/h3*3,6H,1-2H3;1H;/q;;;;+4/p-4/b3*4-3-;;. The third kappa shape index (κ3) is 63.0. The maximum Gasteiger partial charge on any atom is 4.00 e. The summed E-state index contributed by atoms with van der Waals surface area (Å²) in [5, 5.41) is 29.9. The number of hydrogen-bond donors (Lipinski definition) is 0. The number of carbonyl (C=O) groups excluding carboxylic acids is 3. The molecule has 0 aliphatic heterocycles. The van der Waals surface area contributed by atoms with E-state index in [1.165, 1.54) is 41.5 Å². The summed E-state index contributed by atoms with van der Waals surface area (Å²) in [6, 6.07) is 0. The van der Waals surface area contributed by atoms with E-state index in [1.807, 2.05) is 0 Å². The van der Waals surface area contributed by atoms with Crippen molar-refractivity contribution < 1.29 is 68.0 Å². The predicted octanol–water partition coefficient (Wildman–Crippen LogP) is -3.48. The molecule has 0 spiro atoms. The van der Waals surface area contributed by atoms with Crippen LogP contribution >= 0.6 is 0 Å². The second kappa shape index (κ2) is 20.8. The van der Waals surface area contributed by atoms with Crippen molar-refractivity contribution in [3.63, 3.8) is 0 Å². The van der Waals surface area contributed by atoms with E-state index >= 15 is 0 Å². The number of carbonyl (C=O) groups is 3. The molecule has 0 fully saturated rings. The van der Waals surface area contributed by atoms with Gasteiger partial charge in [-0.3, -0.25) is 14.4 Å². The predicted molar refractivity (Wildman–Crippen MR) is 73.3 cm³/mol. The Labute approximate surface area is 162 Å². The van der Waals surface area contributed by atoms with Crippen LogP contribution in [0.1, 0.15) is 41.5 Å². The zero-order valence-corrected chi connectivity index (χ0v) is 18.4. The van der Waals surface area contributed by atoms with Crippen molar-refractivity contribution in [3.8, 4) is 0 Å². The number of hydrogen-bond acceptors (Lipinski definition) is 6. The van der Waals surface area contributed by atoms with Crippen molar-refractivity contribution in [2.75, 3.05) is 0 Å². The quantitative estimate of drug-likeness (QED) is 0.221. The summed E-state index contributed by atoms with van der Waals surface area (Å²) in [6.07, 6.45) is 3.17.